The van der Waals surface area contributed by atoms with Crippen LogP contribution in [-0.2, 0) is 27.3 Å². The Bertz CT molecular complexity index is 874. The summed E-state index contributed by atoms with van der Waals surface area (Å²) in [4.78, 5) is 38.6. The molecule has 2 N–H and O–H groups in total. The number of hydrazine groups is 1. The van der Waals surface area contributed by atoms with Gasteiger partial charge in [0.25, 0.3) is 0 Å². The molecule has 160 valence electrons. The molecule has 1 aliphatic rings. The van der Waals surface area contributed by atoms with Gasteiger partial charge in [-0.1, -0.05) is 38.1 Å². The van der Waals surface area contributed by atoms with Gasteiger partial charge < -0.3 is 9.32 Å². The molecule has 7 heteroatoms. The molecule has 30 heavy (non-hydrogen) atoms. The predicted octanol–water partition coefficient (Wildman–Crippen LogP) is 2.78. The van der Waals surface area contributed by atoms with E-state index in [1.54, 1.807) is 30.2 Å². The van der Waals surface area contributed by atoms with E-state index in [-0.39, 0.29) is 24.1 Å². The maximum absolute atomic E-state index is 12.5. The molecule has 1 fully saturated rings. The molecule has 1 aromatic carbocycles. The standard InChI is InChI=1S/C23H29N3O4/c1-15(2)11-17-6-8-18(9-7-17)16(3)22(28)24-25-23(29)19-12-21(27)26(13-19)14-20-5-4-10-30-20/h4-10,15-16,19H,11-14H2,1-3H3,(H,24,28)(H,25,29). The summed E-state index contributed by atoms with van der Waals surface area (Å²) in [5, 5.41) is 0. The highest BCUT2D eigenvalue weighted by Crippen LogP contribution is 2.21. The van der Waals surface area contributed by atoms with E-state index in [2.05, 4.69) is 24.7 Å². The van der Waals surface area contributed by atoms with Crippen molar-refractivity contribution in [1.82, 2.24) is 15.8 Å². The number of furan rings is 1. The molecule has 2 aromatic rings. The van der Waals surface area contributed by atoms with Crippen LogP contribution in [0.3, 0.4) is 0 Å². The summed E-state index contributed by atoms with van der Waals surface area (Å²) in [7, 11) is 0. The lowest BCUT2D eigenvalue weighted by Gasteiger charge is -2.17. The van der Waals surface area contributed by atoms with Crippen LogP contribution in [0.5, 0.6) is 0 Å². The quantitative estimate of drug-likeness (QED) is 0.686. The summed E-state index contributed by atoms with van der Waals surface area (Å²) in [6, 6.07) is 11.5. The lowest BCUT2D eigenvalue weighted by molar-refractivity contribution is -0.132. The zero-order chi connectivity index (χ0) is 21.7. The SMILES string of the molecule is CC(C)Cc1ccc(C(C)C(=O)NNC(=O)C2CC(=O)N(Cc3ccco3)C2)cc1. The zero-order valence-electron chi connectivity index (χ0n) is 17.7. The number of nitrogens with zero attached hydrogens (tertiary/aromatic N) is 1. The van der Waals surface area contributed by atoms with E-state index in [9.17, 15) is 14.4 Å². The normalized spacial score (nSPS) is 17.3. The van der Waals surface area contributed by atoms with Gasteiger partial charge in [-0.05, 0) is 42.5 Å². The molecule has 7 nitrogen and oxygen atoms in total. The van der Waals surface area contributed by atoms with Crippen molar-refractivity contribution >= 4 is 17.7 Å². The van der Waals surface area contributed by atoms with E-state index < -0.39 is 11.8 Å². The van der Waals surface area contributed by atoms with Crippen LogP contribution >= 0.6 is 0 Å². The molecule has 2 unspecified atom stereocenters. The summed E-state index contributed by atoms with van der Waals surface area (Å²) in [6.45, 7) is 6.77. The van der Waals surface area contributed by atoms with E-state index in [0.717, 1.165) is 12.0 Å². The van der Waals surface area contributed by atoms with Crippen molar-refractivity contribution in [3.8, 4) is 0 Å². The van der Waals surface area contributed by atoms with Crippen molar-refractivity contribution in [1.29, 1.82) is 0 Å². The van der Waals surface area contributed by atoms with Crippen molar-refractivity contribution in [3.63, 3.8) is 0 Å². The van der Waals surface area contributed by atoms with Gasteiger partial charge in [-0.25, -0.2) is 0 Å². The van der Waals surface area contributed by atoms with Crippen molar-refractivity contribution in [2.45, 2.75) is 46.1 Å². The van der Waals surface area contributed by atoms with Crippen LogP contribution in [-0.4, -0.2) is 29.2 Å². The Morgan fingerprint density at radius 2 is 1.87 bits per heavy atom. The molecule has 0 radical (unpaired) electrons. The minimum absolute atomic E-state index is 0.104. The molecular formula is C23H29N3O4. The minimum atomic E-state index is -0.501. The minimum Gasteiger partial charge on any atom is -0.467 e. The van der Waals surface area contributed by atoms with Gasteiger partial charge in [0.2, 0.25) is 17.7 Å². The summed E-state index contributed by atoms with van der Waals surface area (Å²) in [5.74, 6) is -0.421. The van der Waals surface area contributed by atoms with Gasteiger partial charge >= 0.3 is 0 Å². The Labute approximate surface area is 176 Å². The van der Waals surface area contributed by atoms with Crippen LogP contribution in [0.15, 0.2) is 47.1 Å². The highest BCUT2D eigenvalue weighted by Gasteiger charge is 2.35. The van der Waals surface area contributed by atoms with E-state index in [0.29, 0.717) is 24.8 Å². The lowest BCUT2D eigenvalue weighted by Crippen LogP contribution is -2.46. The fourth-order valence-electron chi connectivity index (χ4n) is 3.59. The summed E-state index contributed by atoms with van der Waals surface area (Å²) >= 11 is 0. The first-order valence-electron chi connectivity index (χ1n) is 10.3. The average Bonchev–Trinajstić information content (AvgIpc) is 3.36. The van der Waals surface area contributed by atoms with Crippen molar-refractivity contribution in [2.75, 3.05) is 6.54 Å². The van der Waals surface area contributed by atoms with Crippen molar-refractivity contribution in [2.24, 2.45) is 11.8 Å². The van der Waals surface area contributed by atoms with E-state index >= 15 is 0 Å². The van der Waals surface area contributed by atoms with Gasteiger partial charge in [0.15, 0.2) is 0 Å². The number of likely N-dealkylation sites (tertiary alicyclic amines) is 1. The Hall–Kier alpha value is -3.09. The van der Waals surface area contributed by atoms with E-state index in [1.165, 1.54) is 5.56 Å². The molecular weight excluding hydrogens is 382 g/mol. The average molecular weight is 412 g/mol. The van der Waals surface area contributed by atoms with Crippen LogP contribution in [0.2, 0.25) is 0 Å². The number of carbonyl (C=O) groups is 3. The first kappa shape index (κ1) is 21.6. The largest absolute Gasteiger partial charge is 0.467 e. The highest BCUT2D eigenvalue weighted by molar-refractivity contribution is 5.91. The Morgan fingerprint density at radius 1 is 1.13 bits per heavy atom. The summed E-state index contributed by atoms with van der Waals surface area (Å²) < 4.78 is 5.26. The number of hydrogen-bond acceptors (Lipinski definition) is 4. The predicted molar refractivity (Wildman–Crippen MR) is 112 cm³/mol. The fraction of sp³-hybridized carbons (Fsp3) is 0.435. The third-order valence-corrected chi connectivity index (χ3v) is 5.34. The summed E-state index contributed by atoms with van der Waals surface area (Å²) in [5.41, 5.74) is 7.08. The molecule has 0 spiro atoms. The summed E-state index contributed by atoms with van der Waals surface area (Å²) in [6.07, 6.45) is 2.66. The number of hydrogen-bond donors (Lipinski definition) is 2. The Morgan fingerprint density at radius 3 is 2.50 bits per heavy atom. The van der Waals surface area contributed by atoms with Gasteiger partial charge in [-0.15, -0.1) is 0 Å². The van der Waals surface area contributed by atoms with Gasteiger partial charge in [0, 0.05) is 13.0 Å². The highest BCUT2D eigenvalue weighted by atomic mass is 16.3. The number of carbonyl (C=O) groups excluding carboxylic acids is 3. The van der Waals surface area contributed by atoms with Crippen molar-refractivity contribution in [3.05, 3.63) is 59.5 Å². The van der Waals surface area contributed by atoms with Gasteiger partial charge in [0.1, 0.15) is 5.76 Å². The first-order valence-corrected chi connectivity index (χ1v) is 10.3. The molecule has 1 aliphatic heterocycles. The zero-order valence-corrected chi connectivity index (χ0v) is 17.7. The third-order valence-electron chi connectivity index (χ3n) is 5.34. The van der Waals surface area contributed by atoms with Gasteiger partial charge in [-0.2, -0.15) is 0 Å². The second-order valence-corrected chi connectivity index (χ2v) is 8.29. The van der Waals surface area contributed by atoms with Crippen LogP contribution in [0.25, 0.3) is 0 Å². The number of benzene rings is 1. The maximum atomic E-state index is 12.5. The van der Waals surface area contributed by atoms with E-state index in [1.807, 2.05) is 24.3 Å². The van der Waals surface area contributed by atoms with Crippen molar-refractivity contribution < 1.29 is 18.8 Å². The van der Waals surface area contributed by atoms with Gasteiger partial charge in [0.05, 0.1) is 24.6 Å². The number of amides is 3. The van der Waals surface area contributed by atoms with Crippen LogP contribution in [0, 0.1) is 11.8 Å². The first-order chi connectivity index (χ1) is 14.3. The smallest absolute Gasteiger partial charge is 0.245 e. The molecule has 3 amide bonds. The lowest BCUT2D eigenvalue weighted by atomic mass is 9.96. The second kappa shape index (κ2) is 9.61. The number of nitrogens with one attached hydrogen (secondary N) is 2. The van der Waals surface area contributed by atoms with Gasteiger partial charge in [-0.3, -0.25) is 25.2 Å². The molecule has 3 rings (SSSR count). The van der Waals surface area contributed by atoms with Crippen LogP contribution in [0.4, 0.5) is 0 Å². The molecule has 1 aromatic heterocycles. The number of rotatable bonds is 7. The van der Waals surface area contributed by atoms with E-state index in [4.69, 9.17) is 4.42 Å². The Balaban J connectivity index is 1.48. The molecule has 0 aliphatic carbocycles. The molecule has 0 bridgehead atoms. The third kappa shape index (κ3) is 5.49. The monoisotopic (exact) mass is 411 g/mol. The Kier molecular flexibility index (Phi) is 6.92. The molecule has 0 saturated carbocycles. The fourth-order valence-corrected chi connectivity index (χ4v) is 3.59. The van der Waals surface area contributed by atoms with Crippen LogP contribution < -0.4 is 10.9 Å². The van der Waals surface area contributed by atoms with Crippen LogP contribution in [0.1, 0.15) is 50.0 Å². The topological polar surface area (TPSA) is 91.7 Å². The molecule has 1 saturated heterocycles. The maximum Gasteiger partial charge on any atom is 0.245 e. The molecule has 2 atom stereocenters. The molecule has 2 heterocycles. The second-order valence-electron chi connectivity index (χ2n) is 8.29.